The number of carbonyl (C=O) groups excluding carboxylic acids is 1. The SMILES string of the molecule is CSc1ccc(C(=O)c2ccc(-c3cccc(-c4cc(C(C)(C)S(C)(=O)=O)c5ncccc5c4)c3)cn2)cc1. The molecule has 7 heteroatoms. The van der Waals surface area contributed by atoms with Crippen molar-refractivity contribution in [3.8, 4) is 22.3 Å². The first-order valence-corrected chi connectivity index (χ1v) is 15.5. The van der Waals surface area contributed by atoms with Gasteiger partial charge in [-0.1, -0.05) is 30.3 Å². The number of benzene rings is 3. The second kappa shape index (κ2) is 10.4. The summed E-state index contributed by atoms with van der Waals surface area (Å²) in [5, 5.41) is 0.877. The molecule has 39 heavy (non-hydrogen) atoms. The molecule has 3 aromatic carbocycles. The summed E-state index contributed by atoms with van der Waals surface area (Å²) in [4.78, 5) is 23.0. The van der Waals surface area contributed by atoms with E-state index in [1.165, 1.54) is 6.26 Å². The number of nitrogens with zero attached hydrogens (tertiary/aromatic N) is 2. The summed E-state index contributed by atoms with van der Waals surface area (Å²) in [6.07, 6.45) is 6.66. The van der Waals surface area contributed by atoms with E-state index in [0.717, 1.165) is 32.5 Å². The third kappa shape index (κ3) is 5.24. The molecular weight excluding hydrogens is 524 g/mol. The van der Waals surface area contributed by atoms with E-state index in [-0.39, 0.29) is 5.78 Å². The Bertz CT molecular complexity index is 1790. The lowest BCUT2D eigenvalue weighted by molar-refractivity contribution is 0.103. The summed E-state index contributed by atoms with van der Waals surface area (Å²) in [5.74, 6) is -0.117. The van der Waals surface area contributed by atoms with Gasteiger partial charge in [0, 0.05) is 40.1 Å². The Kier molecular flexibility index (Phi) is 7.14. The van der Waals surface area contributed by atoms with Gasteiger partial charge in [-0.3, -0.25) is 14.8 Å². The summed E-state index contributed by atoms with van der Waals surface area (Å²) in [6.45, 7) is 3.44. The van der Waals surface area contributed by atoms with Crippen molar-refractivity contribution in [1.82, 2.24) is 9.97 Å². The predicted octanol–water partition coefficient (Wildman–Crippen LogP) is 7.20. The molecule has 0 spiro atoms. The van der Waals surface area contributed by atoms with E-state index in [1.54, 1.807) is 44.1 Å². The topological polar surface area (TPSA) is 77.0 Å². The predicted molar refractivity (Wildman–Crippen MR) is 160 cm³/mol. The molecule has 0 N–H and O–H groups in total. The van der Waals surface area contributed by atoms with E-state index in [9.17, 15) is 13.2 Å². The highest BCUT2D eigenvalue weighted by Gasteiger charge is 2.34. The standard InChI is InChI=1S/C32H28N2O3S2/c1-32(2,39(4,36)37)28-19-26(18-24-9-6-16-33-30(24)28)23-8-5-7-22(17-23)25-12-15-29(34-20-25)31(35)21-10-13-27(38-3)14-11-21/h5-20H,1-4H3. The van der Waals surface area contributed by atoms with E-state index in [2.05, 4.69) is 16.0 Å². The molecule has 0 saturated carbocycles. The Hall–Kier alpha value is -3.81. The first kappa shape index (κ1) is 26.8. The van der Waals surface area contributed by atoms with Crippen LogP contribution in [0.4, 0.5) is 0 Å². The van der Waals surface area contributed by atoms with Gasteiger partial charge in [-0.2, -0.15) is 0 Å². The van der Waals surface area contributed by atoms with Crippen LogP contribution in [0.3, 0.4) is 0 Å². The minimum absolute atomic E-state index is 0.117. The number of rotatable bonds is 7. The Morgan fingerprint density at radius 2 is 1.51 bits per heavy atom. The van der Waals surface area contributed by atoms with Gasteiger partial charge in [0.2, 0.25) is 5.78 Å². The van der Waals surface area contributed by atoms with Gasteiger partial charge in [0.25, 0.3) is 0 Å². The summed E-state index contributed by atoms with van der Waals surface area (Å²) in [6, 6.07) is 26.9. The Labute approximate surface area is 233 Å². The zero-order valence-electron chi connectivity index (χ0n) is 22.2. The van der Waals surface area contributed by atoms with Crippen molar-refractivity contribution in [1.29, 1.82) is 0 Å². The number of pyridine rings is 2. The Morgan fingerprint density at radius 1 is 0.795 bits per heavy atom. The van der Waals surface area contributed by atoms with Crippen LogP contribution in [0.2, 0.25) is 0 Å². The molecule has 0 unspecified atom stereocenters. The van der Waals surface area contributed by atoms with Gasteiger partial charge in [0.05, 0.1) is 10.3 Å². The monoisotopic (exact) mass is 552 g/mol. The number of thioether (sulfide) groups is 1. The van der Waals surface area contributed by atoms with Crippen LogP contribution in [0.5, 0.6) is 0 Å². The molecule has 196 valence electrons. The average molecular weight is 553 g/mol. The lowest BCUT2D eigenvalue weighted by atomic mass is 9.92. The fourth-order valence-electron chi connectivity index (χ4n) is 4.49. The smallest absolute Gasteiger partial charge is 0.211 e. The van der Waals surface area contributed by atoms with Gasteiger partial charge in [-0.05, 0) is 97.0 Å². The molecule has 2 heterocycles. The fourth-order valence-corrected chi connectivity index (χ4v) is 5.45. The molecule has 0 radical (unpaired) electrons. The fraction of sp³-hybridized carbons (Fsp3) is 0.156. The lowest BCUT2D eigenvalue weighted by Crippen LogP contribution is -2.28. The van der Waals surface area contributed by atoms with Crippen LogP contribution >= 0.6 is 11.8 Å². The molecule has 0 amide bonds. The van der Waals surface area contributed by atoms with Crippen molar-refractivity contribution < 1.29 is 13.2 Å². The van der Waals surface area contributed by atoms with E-state index in [4.69, 9.17) is 0 Å². The van der Waals surface area contributed by atoms with E-state index in [1.807, 2.05) is 79.1 Å². The van der Waals surface area contributed by atoms with Crippen LogP contribution in [0.25, 0.3) is 33.2 Å². The molecule has 5 rings (SSSR count). The van der Waals surface area contributed by atoms with Crippen LogP contribution < -0.4 is 0 Å². The molecule has 0 aliphatic heterocycles. The second-order valence-electron chi connectivity index (χ2n) is 9.95. The molecule has 5 nitrogen and oxygen atoms in total. The molecule has 0 atom stereocenters. The summed E-state index contributed by atoms with van der Waals surface area (Å²) in [7, 11) is -3.41. The van der Waals surface area contributed by atoms with Crippen LogP contribution in [0.15, 0.2) is 102 Å². The summed E-state index contributed by atoms with van der Waals surface area (Å²) >= 11 is 1.63. The molecule has 0 aliphatic rings. The lowest BCUT2D eigenvalue weighted by Gasteiger charge is -2.25. The number of hydrogen-bond acceptors (Lipinski definition) is 6. The number of hydrogen-bond donors (Lipinski definition) is 0. The maximum absolute atomic E-state index is 12.9. The maximum atomic E-state index is 12.9. The number of aromatic nitrogens is 2. The zero-order chi connectivity index (χ0) is 27.8. The van der Waals surface area contributed by atoms with Crippen molar-refractivity contribution >= 4 is 38.3 Å². The minimum atomic E-state index is -3.41. The van der Waals surface area contributed by atoms with Gasteiger partial charge in [-0.15, -0.1) is 11.8 Å². The molecular formula is C32H28N2O3S2. The first-order chi connectivity index (χ1) is 18.6. The quantitative estimate of drug-likeness (QED) is 0.157. The Morgan fingerprint density at radius 3 is 2.15 bits per heavy atom. The second-order valence-corrected chi connectivity index (χ2v) is 13.4. The van der Waals surface area contributed by atoms with Crippen molar-refractivity contribution in [2.45, 2.75) is 23.5 Å². The minimum Gasteiger partial charge on any atom is -0.287 e. The molecule has 0 aliphatic carbocycles. The van der Waals surface area contributed by atoms with Gasteiger partial charge in [-0.25, -0.2) is 8.42 Å². The molecule has 5 aromatic rings. The van der Waals surface area contributed by atoms with Gasteiger partial charge < -0.3 is 0 Å². The first-order valence-electron chi connectivity index (χ1n) is 12.4. The Balaban J connectivity index is 1.51. The maximum Gasteiger partial charge on any atom is 0.211 e. The molecule has 0 fully saturated rings. The highest BCUT2D eigenvalue weighted by molar-refractivity contribution is 7.98. The summed E-state index contributed by atoms with van der Waals surface area (Å²) < 4.78 is 24.3. The van der Waals surface area contributed by atoms with Crippen molar-refractivity contribution in [2.75, 3.05) is 12.5 Å². The van der Waals surface area contributed by atoms with E-state index in [0.29, 0.717) is 22.3 Å². The number of ketones is 1. The molecule has 2 aromatic heterocycles. The van der Waals surface area contributed by atoms with Crippen molar-refractivity contribution in [2.24, 2.45) is 0 Å². The normalized spacial score (nSPS) is 12.0. The third-order valence-electron chi connectivity index (χ3n) is 7.16. The highest BCUT2D eigenvalue weighted by Crippen LogP contribution is 2.37. The largest absolute Gasteiger partial charge is 0.287 e. The van der Waals surface area contributed by atoms with Gasteiger partial charge >= 0.3 is 0 Å². The van der Waals surface area contributed by atoms with E-state index < -0.39 is 14.6 Å². The van der Waals surface area contributed by atoms with Crippen molar-refractivity contribution in [3.63, 3.8) is 0 Å². The van der Waals surface area contributed by atoms with Crippen molar-refractivity contribution in [3.05, 3.63) is 114 Å². The van der Waals surface area contributed by atoms with Gasteiger partial charge in [0.15, 0.2) is 9.84 Å². The zero-order valence-corrected chi connectivity index (χ0v) is 23.8. The summed E-state index contributed by atoms with van der Waals surface area (Å²) in [5.41, 5.74) is 6.01. The van der Waals surface area contributed by atoms with Gasteiger partial charge in [0.1, 0.15) is 5.69 Å². The van der Waals surface area contributed by atoms with Crippen LogP contribution in [0.1, 0.15) is 35.5 Å². The number of sulfone groups is 1. The highest BCUT2D eigenvalue weighted by atomic mass is 32.2. The van der Waals surface area contributed by atoms with Crippen LogP contribution in [-0.2, 0) is 14.6 Å². The average Bonchev–Trinajstić information content (AvgIpc) is 2.95. The molecule has 0 saturated heterocycles. The molecule has 0 bridgehead atoms. The van der Waals surface area contributed by atoms with E-state index >= 15 is 0 Å². The third-order valence-corrected chi connectivity index (χ3v) is 9.98. The van der Waals surface area contributed by atoms with Crippen LogP contribution in [-0.4, -0.2) is 36.7 Å². The number of carbonyl (C=O) groups is 1. The van der Waals surface area contributed by atoms with Crippen LogP contribution in [0, 0.1) is 0 Å². The number of fused-ring (bicyclic) bond motifs is 1.